The van der Waals surface area contributed by atoms with Crippen molar-refractivity contribution in [3.05, 3.63) is 42.7 Å². The summed E-state index contributed by atoms with van der Waals surface area (Å²) in [6, 6.07) is 8.54. The van der Waals surface area contributed by atoms with Crippen LogP contribution in [0.1, 0.15) is 48.5 Å². The lowest BCUT2D eigenvalue weighted by Crippen LogP contribution is -2.43. The molecule has 0 bridgehead atoms. The predicted molar refractivity (Wildman–Crippen MR) is 144 cm³/mol. The third-order valence-electron chi connectivity index (χ3n) is 5.05. The second-order valence-corrected chi connectivity index (χ2v) is 10.8. The molecule has 0 aliphatic heterocycles. The highest BCUT2D eigenvalue weighted by atomic mass is 16.6. The number of anilines is 1. The number of carboxylic acids is 1. The Labute approximate surface area is 226 Å². The van der Waals surface area contributed by atoms with Crippen LogP contribution in [0.3, 0.4) is 0 Å². The summed E-state index contributed by atoms with van der Waals surface area (Å²) >= 11 is 0. The van der Waals surface area contributed by atoms with Crippen molar-refractivity contribution < 1.29 is 33.7 Å². The maximum Gasteiger partial charge on any atom is 0.416 e. The minimum absolute atomic E-state index is 0.0667. The van der Waals surface area contributed by atoms with Crippen molar-refractivity contribution in [2.45, 2.75) is 65.8 Å². The van der Waals surface area contributed by atoms with Gasteiger partial charge >= 0.3 is 18.2 Å². The minimum Gasteiger partial charge on any atom is -0.479 e. The maximum atomic E-state index is 13.1. The molecule has 1 atom stereocenters. The highest BCUT2D eigenvalue weighted by Crippen LogP contribution is 2.28. The fraction of sp³-hybridized carbons (Fsp3) is 0.444. The number of aliphatic carboxylic acids is 1. The molecule has 0 fully saturated rings. The van der Waals surface area contributed by atoms with Crippen molar-refractivity contribution in [1.82, 2.24) is 19.9 Å². The summed E-state index contributed by atoms with van der Waals surface area (Å²) in [5.41, 5.74) is 0.368. The van der Waals surface area contributed by atoms with E-state index >= 15 is 0 Å². The molecular formula is C27H35N5O7. The third kappa shape index (κ3) is 8.32. The molecule has 0 radical (unpaired) electrons. The van der Waals surface area contributed by atoms with E-state index in [4.69, 9.17) is 19.3 Å². The zero-order valence-electron chi connectivity index (χ0n) is 23.2. The van der Waals surface area contributed by atoms with E-state index in [1.54, 1.807) is 82.7 Å². The van der Waals surface area contributed by atoms with Gasteiger partial charge in [0.25, 0.3) is 0 Å². The Balaban J connectivity index is 1.91. The molecule has 39 heavy (non-hydrogen) atoms. The first kappa shape index (κ1) is 29.2. The van der Waals surface area contributed by atoms with E-state index in [1.165, 1.54) is 11.8 Å². The van der Waals surface area contributed by atoms with Gasteiger partial charge < -0.3 is 24.6 Å². The summed E-state index contributed by atoms with van der Waals surface area (Å²) in [6.45, 7) is 12.2. The zero-order chi connectivity index (χ0) is 29.0. The van der Waals surface area contributed by atoms with Crippen LogP contribution in [-0.4, -0.2) is 68.3 Å². The van der Waals surface area contributed by atoms with Gasteiger partial charge in [0.2, 0.25) is 0 Å². The van der Waals surface area contributed by atoms with E-state index in [9.17, 15) is 14.4 Å². The number of rotatable bonds is 8. The molecule has 1 unspecified atom stereocenters. The van der Waals surface area contributed by atoms with Crippen LogP contribution in [0.4, 0.5) is 15.4 Å². The lowest BCUT2D eigenvalue weighted by atomic mass is 10.1. The van der Waals surface area contributed by atoms with Gasteiger partial charge in [-0.2, -0.15) is 5.10 Å². The molecule has 0 aliphatic carbocycles. The van der Waals surface area contributed by atoms with Crippen LogP contribution in [0, 0.1) is 0 Å². The van der Waals surface area contributed by atoms with E-state index in [2.05, 4.69) is 15.4 Å². The Hall–Kier alpha value is -4.35. The van der Waals surface area contributed by atoms with Crippen molar-refractivity contribution >= 4 is 29.6 Å². The standard InChI is InChI=1S/C27H35N5O7/c1-17(23(33)34)37-19-10-8-9-18(15-19)20-16-29-32-13-11-21(30-22(20)32)31(25(36)39-27(5,6)7)14-12-28-24(35)38-26(2,3)4/h8-11,13,15-17H,12,14H2,1-7H3,(H,28,35)(H,33,34). The number of benzene rings is 1. The number of carbonyl (C=O) groups is 3. The van der Waals surface area contributed by atoms with Crippen molar-refractivity contribution in [3.8, 4) is 16.9 Å². The Morgan fingerprint density at radius 1 is 1.08 bits per heavy atom. The van der Waals surface area contributed by atoms with Crippen molar-refractivity contribution in [2.75, 3.05) is 18.0 Å². The molecule has 2 amide bonds. The lowest BCUT2D eigenvalue weighted by molar-refractivity contribution is -0.144. The highest BCUT2D eigenvalue weighted by molar-refractivity contribution is 5.88. The number of hydrogen-bond donors (Lipinski definition) is 2. The Morgan fingerprint density at radius 2 is 1.77 bits per heavy atom. The number of aromatic nitrogens is 3. The fourth-order valence-electron chi connectivity index (χ4n) is 3.41. The molecule has 0 aliphatic rings. The number of alkyl carbamates (subject to hydrolysis) is 1. The summed E-state index contributed by atoms with van der Waals surface area (Å²) in [6.07, 6.45) is 1.02. The molecule has 2 heterocycles. The molecule has 0 saturated carbocycles. The lowest BCUT2D eigenvalue weighted by Gasteiger charge is -2.27. The molecular weight excluding hydrogens is 506 g/mol. The zero-order valence-corrected chi connectivity index (χ0v) is 23.2. The van der Waals surface area contributed by atoms with E-state index in [-0.39, 0.29) is 18.9 Å². The van der Waals surface area contributed by atoms with Crippen LogP contribution in [0.2, 0.25) is 0 Å². The summed E-state index contributed by atoms with van der Waals surface area (Å²) < 4.78 is 17.9. The van der Waals surface area contributed by atoms with Gasteiger partial charge in [0.1, 0.15) is 22.8 Å². The average molecular weight is 542 g/mol. The quantitative estimate of drug-likeness (QED) is 0.421. The van der Waals surface area contributed by atoms with E-state index in [0.29, 0.717) is 22.5 Å². The van der Waals surface area contributed by atoms with Gasteiger partial charge in [-0.3, -0.25) is 4.90 Å². The number of amides is 2. The first-order chi connectivity index (χ1) is 18.1. The van der Waals surface area contributed by atoms with Crippen LogP contribution in [0.15, 0.2) is 42.7 Å². The molecule has 12 heteroatoms. The largest absolute Gasteiger partial charge is 0.479 e. The summed E-state index contributed by atoms with van der Waals surface area (Å²) in [5, 5.41) is 16.2. The molecule has 0 spiro atoms. The maximum absolute atomic E-state index is 13.1. The summed E-state index contributed by atoms with van der Waals surface area (Å²) in [5.74, 6) is -0.413. The highest BCUT2D eigenvalue weighted by Gasteiger charge is 2.26. The molecule has 3 rings (SSSR count). The molecule has 1 aromatic carbocycles. The number of fused-ring (bicyclic) bond motifs is 1. The second kappa shape index (κ2) is 11.6. The topological polar surface area (TPSA) is 145 Å². The van der Waals surface area contributed by atoms with Crippen LogP contribution < -0.4 is 15.0 Å². The van der Waals surface area contributed by atoms with Crippen molar-refractivity contribution in [1.29, 1.82) is 0 Å². The van der Waals surface area contributed by atoms with E-state index < -0.39 is 35.5 Å². The molecule has 0 saturated heterocycles. The Morgan fingerprint density at radius 3 is 2.41 bits per heavy atom. The van der Waals surface area contributed by atoms with Gasteiger partial charge in [-0.1, -0.05) is 12.1 Å². The Kier molecular flexibility index (Phi) is 8.68. The number of carbonyl (C=O) groups excluding carboxylic acids is 2. The van der Waals surface area contributed by atoms with Crippen LogP contribution in [-0.2, 0) is 14.3 Å². The summed E-state index contributed by atoms with van der Waals surface area (Å²) in [7, 11) is 0. The van der Waals surface area contributed by atoms with Crippen LogP contribution in [0.5, 0.6) is 5.75 Å². The smallest absolute Gasteiger partial charge is 0.416 e. The normalized spacial score (nSPS) is 12.5. The SMILES string of the molecule is CC(Oc1cccc(-c2cnn3ccc(N(CCNC(=O)OC(C)(C)C)C(=O)OC(C)(C)C)nc23)c1)C(=O)O. The predicted octanol–water partition coefficient (Wildman–Crippen LogP) is 4.51. The summed E-state index contributed by atoms with van der Waals surface area (Å²) in [4.78, 5) is 42.4. The number of hydrogen-bond acceptors (Lipinski definition) is 8. The molecule has 2 N–H and O–H groups in total. The number of carboxylic acid groups (broad SMARTS) is 1. The fourth-order valence-corrected chi connectivity index (χ4v) is 3.41. The van der Waals surface area contributed by atoms with Gasteiger partial charge in [0, 0.05) is 24.8 Å². The molecule has 12 nitrogen and oxygen atoms in total. The van der Waals surface area contributed by atoms with Gasteiger partial charge in [-0.25, -0.2) is 23.9 Å². The van der Waals surface area contributed by atoms with E-state index in [0.717, 1.165) is 0 Å². The molecule has 2 aromatic heterocycles. The molecule has 3 aromatic rings. The number of ether oxygens (including phenoxy) is 3. The van der Waals surface area contributed by atoms with Crippen molar-refractivity contribution in [3.63, 3.8) is 0 Å². The van der Waals surface area contributed by atoms with Gasteiger partial charge in [0.05, 0.1) is 6.20 Å². The van der Waals surface area contributed by atoms with Crippen molar-refractivity contribution in [2.24, 2.45) is 0 Å². The number of nitrogens with one attached hydrogen (secondary N) is 1. The first-order valence-electron chi connectivity index (χ1n) is 12.4. The molecule has 210 valence electrons. The second-order valence-electron chi connectivity index (χ2n) is 10.8. The van der Waals surface area contributed by atoms with Gasteiger partial charge in [-0.15, -0.1) is 0 Å². The van der Waals surface area contributed by atoms with E-state index in [1.807, 2.05) is 6.07 Å². The van der Waals surface area contributed by atoms with Crippen LogP contribution >= 0.6 is 0 Å². The first-order valence-corrected chi connectivity index (χ1v) is 12.4. The average Bonchev–Trinajstić information content (AvgIpc) is 3.23. The monoisotopic (exact) mass is 541 g/mol. The van der Waals surface area contributed by atoms with Gasteiger partial charge in [0.15, 0.2) is 11.8 Å². The third-order valence-corrected chi connectivity index (χ3v) is 5.05. The minimum atomic E-state index is -1.08. The Bertz CT molecular complexity index is 1340. The number of nitrogens with zero attached hydrogens (tertiary/aromatic N) is 4. The van der Waals surface area contributed by atoms with Gasteiger partial charge in [-0.05, 0) is 72.2 Å². The van der Waals surface area contributed by atoms with Crippen LogP contribution in [0.25, 0.3) is 16.8 Å².